The van der Waals surface area contributed by atoms with Crippen LogP contribution in [0.25, 0.3) is 22.4 Å². The molecule has 1 aromatic carbocycles. The molecule has 2 heterocycles. The molecule has 1 atom stereocenters. The Kier molecular flexibility index (Phi) is 2.29. The minimum atomic E-state index is -0.537. The van der Waals surface area contributed by atoms with E-state index in [0.29, 0.717) is 17.6 Å². The summed E-state index contributed by atoms with van der Waals surface area (Å²) in [6.07, 6.45) is 3.91. The van der Waals surface area contributed by atoms with E-state index in [1.165, 1.54) is 0 Å². The van der Waals surface area contributed by atoms with E-state index in [-0.39, 0.29) is 0 Å². The van der Waals surface area contributed by atoms with Crippen LogP contribution >= 0.6 is 0 Å². The standard InChI is InChI=1S/C15H15N3O2/c1-15(16,9-6-7-9)14-17-13(18-20-14)11-8-19-12-5-3-2-4-10(11)12/h2-5,8-9H,6-7,16H2,1H3. The zero-order valence-electron chi connectivity index (χ0n) is 11.2. The van der Waals surface area contributed by atoms with Crippen LogP contribution < -0.4 is 5.73 Å². The van der Waals surface area contributed by atoms with Gasteiger partial charge in [0.1, 0.15) is 11.8 Å². The number of benzene rings is 1. The molecule has 1 aliphatic rings. The highest BCUT2D eigenvalue weighted by Crippen LogP contribution is 2.43. The molecule has 5 heteroatoms. The van der Waals surface area contributed by atoms with Crippen molar-refractivity contribution in [1.29, 1.82) is 0 Å². The summed E-state index contributed by atoms with van der Waals surface area (Å²) in [4.78, 5) is 4.47. The summed E-state index contributed by atoms with van der Waals surface area (Å²) in [7, 11) is 0. The maximum Gasteiger partial charge on any atom is 0.247 e. The number of hydrogen-bond acceptors (Lipinski definition) is 5. The number of hydrogen-bond donors (Lipinski definition) is 1. The third-order valence-corrected chi connectivity index (χ3v) is 4.03. The first kappa shape index (κ1) is 11.7. The third-order valence-electron chi connectivity index (χ3n) is 4.03. The molecule has 0 radical (unpaired) electrons. The quantitative estimate of drug-likeness (QED) is 0.790. The van der Waals surface area contributed by atoms with Gasteiger partial charge in [0.05, 0.1) is 11.1 Å². The highest BCUT2D eigenvalue weighted by molar-refractivity contribution is 5.91. The Morgan fingerprint density at radius 1 is 1.30 bits per heavy atom. The third kappa shape index (κ3) is 1.67. The van der Waals surface area contributed by atoms with Crippen LogP contribution in [0, 0.1) is 5.92 Å². The van der Waals surface area contributed by atoms with Crippen LogP contribution in [0.1, 0.15) is 25.7 Å². The number of nitrogens with two attached hydrogens (primary N) is 1. The first-order valence-corrected chi connectivity index (χ1v) is 6.76. The molecule has 0 saturated heterocycles. The Morgan fingerprint density at radius 3 is 2.90 bits per heavy atom. The lowest BCUT2D eigenvalue weighted by atomic mass is 9.97. The van der Waals surface area contributed by atoms with Gasteiger partial charge in [-0.05, 0) is 31.7 Å². The molecule has 2 aromatic heterocycles. The highest BCUT2D eigenvalue weighted by Gasteiger charge is 2.44. The van der Waals surface area contributed by atoms with Gasteiger partial charge in [0.25, 0.3) is 0 Å². The summed E-state index contributed by atoms with van der Waals surface area (Å²) in [5, 5.41) is 5.04. The van der Waals surface area contributed by atoms with E-state index in [0.717, 1.165) is 29.4 Å². The van der Waals surface area contributed by atoms with E-state index < -0.39 is 5.54 Å². The van der Waals surface area contributed by atoms with Gasteiger partial charge < -0.3 is 14.7 Å². The van der Waals surface area contributed by atoms with Crippen LogP contribution in [0.3, 0.4) is 0 Å². The molecule has 5 nitrogen and oxygen atoms in total. The molecule has 1 unspecified atom stereocenters. The molecule has 0 bridgehead atoms. The minimum Gasteiger partial charge on any atom is -0.464 e. The van der Waals surface area contributed by atoms with Crippen molar-refractivity contribution in [2.75, 3.05) is 0 Å². The van der Waals surface area contributed by atoms with E-state index in [1.807, 2.05) is 31.2 Å². The molecule has 0 amide bonds. The summed E-state index contributed by atoms with van der Waals surface area (Å²) in [5.74, 6) is 1.47. The molecule has 3 aromatic rings. The topological polar surface area (TPSA) is 78.1 Å². The van der Waals surface area contributed by atoms with E-state index >= 15 is 0 Å². The van der Waals surface area contributed by atoms with Gasteiger partial charge in [0.15, 0.2) is 0 Å². The maximum atomic E-state index is 6.30. The summed E-state index contributed by atoms with van der Waals surface area (Å²) >= 11 is 0. The van der Waals surface area contributed by atoms with Crippen molar-refractivity contribution < 1.29 is 8.94 Å². The molecule has 2 N–H and O–H groups in total. The zero-order valence-corrected chi connectivity index (χ0v) is 11.2. The minimum absolute atomic E-state index is 0.442. The van der Waals surface area contributed by atoms with Crippen molar-refractivity contribution in [2.24, 2.45) is 11.7 Å². The zero-order chi connectivity index (χ0) is 13.7. The fraction of sp³-hybridized carbons (Fsp3) is 0.333. The fourth-order valence-corrected chi connectivity index (χ4v) is 2.56. The molecule has 0 spiro atoms. The van der Waals surface area contributed by atoms with Crippen LogP contribution in [0.5, 0.6) is 0 Å². The average Bonchev–Trinajstić information content (AvgIpc) is 3.05. The molecule has 1 saturated carbocycles. The van der Waals surface area contributed by atoms with Crippen LogP contribution in [0.15, 0.2) is 39.5 Å². The van der Waals surface area contributed by atoms with Gasteiger partial charge in [-0.25, -0.2) is 0 Å². The smallest absolute Gasteiger partial charge is 0.247 e. The molecule has 1 fully saturated rings. The summed E-state index contributed by atoms with van der Waals surface area (Å²) in [6.45, 7) is 1.95. The van der Waals surface area contributed by atoms with Crippen LogP contribution in [-0.4, -0.2) is 10.1 Å². The Balaban J connectivity index is 1.78. The Bertz CT molecular complexity index is 768. The van der Waals surface area contributed by atoms with Gasteiger partial charge in [-0.1, -0.05) is 23.4 Å². The van der Waals surface area contributed by atoms with Crippen molar-refractivity contribution in [3.63, 3.8) is 0 Å². The van der Waals surface area contributed by atoms with Gasteiger partial charge in [-0.15, -0.1) is 0 Å². The first-order valence-electron chi connectivity index (χ1n) is 6.76. The maximum absolute atomic E-state index is 6.30. The number of rotatable bonds is 3. The second-order valence-corrected chi connectivity index (χ2v) is 5.63. The predicted molar refractivity (Wildman–Crippen MR) is 73.8 cm³/mol. The summed E-state index contributed by atoms with van der Waals surface area (Å²) in [6, 6.07) is 7.78. The van der Waals surface area contributed by atoms with Crippen molar-refractivity contribution in [3.8, 4) is 11.4 Å². The van der Waals surface area contributed by atoms with Gasteiger partial charge in [-0.3, -0.25) is 0 Å². The number of furan rings is 1. The van der Waals surface area contributed by atoms with E-state index in [9.17, 15) is 0 Å². The number of para-hydroxylation sites is 1. The fourth-order valence-electron chi connectivity index (χ4n) is 2.56. The van der Waals surface area contributed by atoms with Gasteiger partial charge in [0, 0.05) is 5.39 Å². The molecular formula is C15H15N3O2. The Hall–Kier alpha value is -2.14. The molecule has 1 aliphatic carbocycles. The number of nitrogens with zero attached hydrogens (tertiary/aromatic N) is 2. The lowest BCUT2D eigenvalue weighted by Gasteiger charge is -2.18. The SMILES string of the molecule is CC(N)(c1nc(-c2coc3ccccc23)no1)C1CC1. The van der Waals surface area contributed by atoms with Crippen molar-refractivity contribution in [1.82, 2.24) is 10.1 Å². The van der Waals surface area contributed by atoms with E-state index in [1.54, 1.807) is 6.26 Å². The van der Waals surface area contributed by atoms with Crippen molar-refractivity contribution >= 4 is 11.0 Å². The predicted octanol–water partition coefficient (Wildman–Crippen LogP) is 3.07. The van der Waals surface area contributed by atoms with Gasteiger partial charge in [0.2, 0.25) is 11.7 Å². The Morgan fingerprint density at radius 2 is 2.10 bits per heavy atom. The monoisotopic (exact) mass is 269 g/mol. The lowest BCUT2D eigenvalue weighted by molar-refractivity contribution is 0.273. The van der Waals surface area contributed by atoms with Crippen LogP contribution in [0.4, 0.5) is 0 Å². The van der Waals surface area contributed by atoms with Gasteiger partial charge in [-0.2, -0.15) is 4.98 Å². The lowest BCUT2D eigenvalue weighted by Crippen LogP contribution is -2.35. The molecule has 0 aliphatic heterocycles. The summed E-state index contributed by atoms with van der Waals surface area (Å²) < 4.78 is 10.9. The van der Waals surface area contributed by atoms with Crippen molar-refractivity contribution in [2.45, 2.75) is 25.3 Å². The highest BCUT2D eigenvalue weighted by atomic mass is 16.5. The van der Waals surface area contributed by atoms with E-state index in [4.69, 9.17) is 14.7 Å². The second kappa shape index (κ2) is 3.93. The molecule has 102 valence electrons. The van der Waals surface area contributed by atoms with Gasteiger partial charge >= 0.3 is 0 Å². The molecule has 4 rings (SSSR count). The number of aromatic nitrogens is 2. The second-order valence-electron chi connectivity index (χ2n) is 5.63. The first-order chi connectivity index (χ1) is 9.66. The largest absolute Gasteiger partial charge is 0.464 e. The normalized spacial score (nSPS) is 18.3. The molecular weight excluding hydrogens is 254 g/mol. The number of fused-ring (bicyclic) bond motifs is 1. The average molecular weight is 269 g/mol. The summed E-state index contributed by atoms with van der Waals surface area (Å²) in [5.41, 5.74) is 7.41. The van der Waals surface area contributed by atoms with E-state index in [2.05, 4.69) is 10.1 Å². The van der Waals surface area contributed by atoms with Crippen LogP contribution in [0.2, 0.25) is 0 Å². The van der Waals surface area contributed by atoms with Crippen molar-refractivity contribution in [3.05, 3.63) is 36.4 Å². The Labute approximate surface area is 115 Å². The molecule has 20 heavy (non-hydrogen) atoms. The van der Waals surface area contributed by atoms with Crippen LogP contribution in [-0.2, 0) is 5.54 Å².